The van der Waals surface area contributed by atoms with Crippen LogP contribution in [0.15, 0.2) is 46.9 Å². The quantitative estimate of drug-likeness (QED) is 0.796. The van der Waals surface area contributed by atoms with Crippen LogP contribution in [0, 0.1) is 0 Å². The minimum Gasteiger partial charge on any atom is -0.346 e. The standard InChI is InChI=1S/C17H17BrClNO/c1-3-12-4-6-13(7-5-12)11(2)20-17(21)14-8-9-15(18)16(19)10-14/h4-11H,3H2,1-2H3,(H,20,21). The molecule has 2 aromatic carbocycles. The molecule has 0 heterocycles. The van der Waals surface area contributed by atoms with Crippen LogP contribution in [0.5, 0.6) is 0 Å². The number of aryl methyl sites for hydroxylation is 1. The molecule has 4 heteroatoms. The van der Waals surface area contributed by atoms with Crippen molar-refractivity contribution in [3.63, 3.8) is 0 Å². The summed E-state index contributed by atoms with van der Waals surface area (Å²) in [6, 6.07) is 13.4. The molecule has 2 rings (SSSR count). The highest BCUT2D eigenvalue weighted by molar-refractivity contribution is 9.10. The predicted octanol–water partition coefficient (Wildman–Crippen LogP) is 5.16. The summed E-state index contributed by atoms with van der Waals surface area (Å²) in [5.74, 6) is -0.128. The van der Waals surface area contributed by atoms with Crippen LogP contribution in [0.2, 0.25) is 5.02 Å². The van der Waals surface area contributed by atoms with E-state index in [1.165, 1.54) is 5.56 Å². The van der Waals surface area contributed by atoms with Gasteiger partial charge in [-0.1, -0.05) is 42.8 Å². The van der Waals surface area contributed by atoms with E-state index in [9.17, 15) is 4.79 Å². The zero-order valence-electron chi connectivity index (χ0n) is 12.0. The SMILES string of the molecule is CCc1ccc(C(C)NC(=O)c2ccc(Br)c(Cl)c2)cc1. The Morgan fingerprint density at radius 1 is 1.24 bits per heavy atom. The van der Waals surface area contributed by atoms with Gasteiger partial charge < -0.3 is 5.32 Å². The number of benzene rings is 2. The van der Waals surface area contributed by atoms with Crippen LogP contribution < -0.4 is 5.32 Å². The first-order valence-corrected chi connectivity index (χ1v) is 8.03. The molecule has 0 aliphatic heterocycles. The van der Waals surface area contributed by atoms with Crippen molar-refractivity contribution in [2.45, 2.75) is 26.3 Å². The lowest BCUT2D eigenvalue weighted by molar-refractivity contribution is 0.0940. The number of hydrogen-bond acceptors (Lipinski definition) is 1. The summed E-state index contributed by atoms with van der Waals surface area (Å²) in [6.07, 6.45) is 1.01. The van der Waals surface area contributed by atoms with E-state index in [2.05, 4.69) is 52.4 Å². The third-order valence-electron chi connectivity index (χ3n) is 3.42. The molecule has 110 valence electrons. The number of hydrogen-bond donors (Lipinski definition) is 1. The van der Waals surface area contributed by atoms with Crippen LogP contribution >= 0.6 is 27.5 Å². The number of carbonyl (C=O) groups excluding carboxylic acids is 1. The molecule has 1 unspecified atom stereocenters. The molecular weight excluding hydrogens is 350 g/mol. The Bertz CT molecular complexity index is 640. The molecule has 0 spiro atoms. The van der Waals surface area contributed by atoms with Gasteiger partial charge in [-0.3, -0.25) is 4.79 Å². The Hall–Kier alpha value is -1.32. The van der Waals surface area contributed by atoms with Gasteiger partial charge in [-0.15, -0.1) is 0 Å². The maximum absolute atomic E-state index is 12.2. The topological polar surface area (TPSA) is 29.1 Å². The van der Waals surface area contributed by atoms with Gasteiger partial charge in [0, 0.05) is 10.0 Å². The maximum Gasteiger partial charge on any atom is 0.251 e. The second-order valence-electron chi connectivity index (χ2n) is 4.92. The number of carbonyl (C=O) groups is 1. The second-order valence-corrected chi connectivity index (χ2v) is 6.18. The lowest BCUT2D eigenvalue weighted by Gasteiger charge is -2.15. The van der Waals surface area contributed by atoms with Gasteiger partial charge in [0.05, 0.1) is 11.1 Å². The van der Waals surface area contributed by atoms with Crippen LogP contribution in [0.3, 0.4) is 0 Å². The van der Waals surface area contributed by atoms with Crippen molar-refractivity contribution in [1.82, 2.24) is 5.32 Å². The molecule has 0 saturated heterocycles. The summed E-state index contributed by atoms with van der Waals surface area (Å²) < 4.78 is 0.781. The van der Waals surface area contributed by atoms with Gasteiger partial charge in [-0.05, 0) is 58.6 Å². The summed E-state index contributed by atoms with van der Waals surface area (Å²) in [5.41, 5.74) is 2.93. The van der Waals surface area contributed by atoms with Crippen LogP contribution in [0.1, 0.15) is 41.4 Å². The first-order valence-electron chi connectivity index (χ1n) is 6.86. The van der Waals surface area contributed by atoms with E-state index >= 15 is 0 Å². The van der Waals surface area contributed by atoms with Gasteiger partial charge in [0.15, 0.2) is 0 Å². The fraction of sp³-hybridized carbons (Fsp3) is 0.235. The minimum atomic E-state index is -0.128. The largest absolute Gasteiger partial charge is 0.346 e. The molecule has 0 aromatic heterocycles. The summed E-state index contributed by atoms with van der Waals surface area (Å²) >= 11 is 9.33. The van der Waals surface area contributed by atoms with Gasteiger partial charge in [0.25, 0.3) is 5.91 Å². The molecular formula is C17H17BrClNO. The van der Waals surface area contributed by atoms with Crippen molar-refractivity contribution in [1.29, 1.82) is 0 Å². The fourth-order valence-electron chi connectivity index (χ4n) is 2.04. The van der Waals surface area contributed by atoms with E-state index in [1.807, 2.05) is 6.92 Å². The molecule has 1 atom stereocenters. The highest BCUT2D eigenvalue weighted by Crippen LogP contribution is 2.23. The number of amides is 1. The molecule has 0 fully saturated rings. The van der Waals surface area contributed by atoms with Gasteiger partial charge in [0.2, 0.25) is 0 Å². The van der Waals surface area contributed by atoms with Crippen LogP contribution in [-0.4, -0.2) is 5.91 Å². The number of halogens is 2. The van der Waals surface area contributed by atoms with E-state index in [0.29, 0.717) is 10.6 Å². The third kappa shape index (κ3) is 4.08. The van der Waals surface area contributed by atoms with Crippen molar-refractivity contribution in [3.05, 3.63) is 68.7 Å². The Labute approximate surface area is 138 Å². The summed E-state index contributed by atoms with van der Waals surface area (Å²) in [5, 5.41) is 3.51. The smallest absolute Gasteiger partial charge is 0.251 e. The Morgan fingerprint density at radius 3 is 2.48 bits per heavy atom. The maximum atomic E-state index is 12.2. The van der Waals surface area contributed by atoms with E-state index in [1.54, 1.807) is 18.2 Å². The van der Waals surface area contributed by atoms with Crippen molar-refractivity contribution < 1.29 is 4.79 Å². The molecule has 1 N–H and O–H groups in total. The molecule has 0 aliphatic carbocycles. The number of nitrogens with one attached hydrogen (secondary N) is 1. The molecule has 0 saturated carbocycles. The number of rotatable bonds is 4. The van der Waals surface area contributed by atoms with Crippen molar-refractivity contribution in [2.24, 2.45) is 0 Å². The zero-order chi connectivity index (χ0) is 15.4. The minimum absolute atomic E-state index is 0.0502. The van der Waals surface area contributed by atoms with Gasteiger partial charge in [-0.2, -0.15) is 0 Å². The lowest BCUT2D eigenvalue weighted by Crippen LogP contribution is -2.26. The molecule has 0 radical (unpaired) electrons. The van der Waals surface area contributed by atoms with Crippen LogP contribution in [0.4, 0.5) is 0 Å². The molecule has 0 bridgehead atoms. The van der Waals surface area contributed by atoms with E-state index in [-0.39, 0.29) is 11.9 Å². The highest BCUT2D eigenvalue weighted by atomic mass is 79.9. The van der Waals surface area contributed by atoms with Gasteiger partial charge in [0.1, 0.15) is 0 Å². The predicted molar refractivity (Wildman–Crippen MR) is 90.9 cm³/mol. The summed E-state index contributed by atoms with van der Waals surface area (Å²) in [4.78, 5) is 12.2. The monoisotopic (exact) mass is 365 g/mol. The van der Waals surface area contributed by atoms with Crippen molar-refractivity contribution >= 4 is 33.4 Å². The normalized spacial score (nSPS) is 12.0. The van der Waals surface area contributed by atoms with Crippen molar-refractivity contribution in [3.8, 4) is 0 Å². The molecule has 0 aliphatic rings. The van der Waals surface area contributed by atoms with Crippen molar-refractivity contribution in [2.75, 3.05) is 0 Å². The first kappa shape index (κ1) is 16.1. The van der Waals surface area contributed by atoms with Crippen LogP contribution in [-0.2, 0) is 6.42 Å². The average Bonchev–Trinajstić information content (AvgIpc) is 2.50. The Morgan fingerprint density at radius 2 is 1.90 bits per heavy atom. The highest BCUT2D eigenvalue weighted by Gasteiger charge is 2.12. The van der Waals surface area contributed by atoms with E-state index in [0.717, 1.165) is 16.5 Å². The van der Waals surface area contributed by atoms with Gasteiger partial charge in [-0.25, -0.2) is 0 Å². The third-order valence-corrected chi connectivity index (χ3v) is 4.65. The summed E-state index contributed by atoms with van der Waals surface area (Å²) in [7, 11) is 0. The lowest BCUT2D eigenvalue weighted by atomic mass is 10.0. The van der Waals surface area contributed by atoms with Crippen LogP contribution in [0.25, 0.3) is 0 Å². The fourth-order valence-corrected chi connectivity index (χ4v) is 2.47. The van der Waals surface area contributed by atoms with E-state index in [4.69, 9.17) is 11.6 Å². The second kappa shape index (κ2) is 7.10. The van der Waals surface area contributed by atoms with Gasteiger partial charge >= 0.3 is 0 Å². The molecule has 2 aromatic rings. The zero-order valence-corrected chi connectivity index (χ0v) is 14.3. The van der Waals surface area contributed by atoms with E-state index < -0.39 is 0 Å². The first-order chi connectivity index (χ1) is 10.0. The molecule has 1 amide bonds. The Kier molecular flexibility index (Phi) is 5.43. The Balaban J connectivity index is 2.08. The molecule has 21 heavy (non-hydrogen) atoms. The summed E-state index contributed by atoms with van der Waals surface area (Å²) in [6.45, 7) is 4.09. The average molecular weight is 367 g/mol. The molecule has 2 nitrogen and oxygen atoms in total.